The van der Waals surface area contributed by atoms with Gasteiger partial charge in [0.25, 0.3) is 5.69 Å². The summed E-state index contributed by atoms with van der Waals surface area (Å²) >= 11 is 0. The Labute approximate surface area is 149 Å². The van der Waals surface area contributed by atoms with Crippen LogP contribution in [0.25, 0.3) is 5.57 Å². The van der Waals surface area contributed by atoms with Gasteiger partial charge in [0.15, 0.2) is 0 Å². The molecule has 0 bridgehead atoms. The van der Waals surface area contributed by atoms with Crippen molar-refractivity contribution in [2.24, 2.45) is 10.9 Å². The predicted molar refractivity (Wildman–Crippen MR) is 96.9 cm³/mol. The smallest absolute Gasteiger partial charge is 0.313 e. The molecule has 132 valence electrons. The summed E-state index contributed by atoms with van der Waals surface area (Å²) < 4.78 is 0. The summed E-state index contributed by atoms with van der Waals surface area (Å²) in [4.78, 5) is 31.1. The molecule has 0 spiro atoms. The Balaban J connectivity index is 2.25. The quantitative estimate of drug-likeness (QED) is 0.668. The highest BCUT2D eigenvalue weighted by atomic mass is 16.6. The Kier molecular flexibility index (Phi) is 4.62. The third-order valence-corrected chi connectivity index (χ3v) is 4.53. The molecule has 1 N–H and O–H groups in total. The van der Waals surface area contributed by atoms with Crippen molar-refractivity contribution in [1.82, 2.24) is 4.98 Å². The van der Waals surface area contributed by atoms with Crippen LogP contribution in [0, 0.1) is 16.0 Å². The zero-order chi connectivity index (χ0) is 18.8. The summed E-state index contributed by atoms with van der Waals surface area (Å²) in [6.07, 6.45) is 3.25. The standard InChI is InChI=1S/C19H17N3O4/c1-11-16(13-6-8-20-9-7-13)18(17(19(23)24)12(2)21-11)14-4-3-5-15(10-14)22(25)26/h3-10,17-18H,1-2H3,(H,23,24). The molecule has 0 amide bonds. The van der Waals surface area contributed by atoms with E-state index in [2.05, 4.69) is 9.98 Å². The number of nitro benzene ring substituents is 1. The molecule has 7 heteroatoms. The molecular formula is C19H17N3O4. The molecule has 0 fully saturated rings. The van der Waals surface area contributed by atoms with E-state index in [0.29, 0.717) is 17.0 Å². The van der Waals surface area contributed by atoms with E-state index < -0.39 is 22.7 Å². The lowest BCUT2D eigenvalue weighted by molar-refractivity contribution is -0.384. The molecule has 26 heavy (non-hydrogen) atoms. The van der Waals surface area contributed by atoms with Crippen molar-refractivity contribution < 1.29 is 14.8 Å². The van der Waals surface area contributed by atoms with E-state index in [4.69, 9.17) is 0 Å². The second kappa shape index (κ2) is 6.87. The monoisotopic (exact) mass is 351 g/mol. The van der Waals surface area contributed by atoms with Crippen LogP contribution in [0.2, 0.25) is 0 Å². The van der Waals surface area contributed by atoms with Crippen molar-refractivity contribution in [3.05, 3.63) is 75.7 Å². The zero-order valence-corrected chi connectivity index (χ0v) is 14.3. The highest BCUT2D eigenvalue weighted by Crippen LogP contribution is 2.44. The van der Waals surface area contributed by atoms with Crippen molar-refractivity contribution in [1.29, 1.82) is 0 Å². The number of nitro groups is 1. The van der Waals surface area contributed by atoms with Gasteiger partial charge in [-0.25, -0.2) is 0 Å². The Morgan fingerprint density at radius 3 is 2.50 bits per heavy atom. The molecule has 0 saturated carbocycles. The molecule has 2 heterocycles. The summed E-state index contributed by atoms with van der Waals surface area (Å²) in [5, 5.41) is 21.0. The molecule has 1 aliphatic heterocycles. The lowest BCUT2D eigenvalue weighted by Crippen LogP contribution is -2.32. The van der Waals surface area contributed by atoms with Crippen molar-refractivity contribution in [2.45, 2.75) is 19.8 Å². The van der Waals surface area contributed by atoms with Gasteiger partial charge in [0.05, 0.1) is 4.92 Å². The molecule has 1 aromatic carbocycles. The maximum Gasteiger partial charge on any atom is 0.313 e. The third-order valence-electron chi connectivity index (χ3n) is 4.53. The van der Waals surface area contributed by atoms with E-state index in [0.717, 1.165) is 11.1 Å². The van der Waals surface area contributed by atoms with Crippen LogP contribution in [0.4, 0.5) is 5.69 Å². The van der Waals surface area contributed by atoms with Crippen molar-refractivity contribution >= 4 is 22.9 Å². The molecule has 2 atom stereocenters. The van der Waals surface area contributed by atoms with Crippen LogP contribution in [0.1, 0.15) is 30.9 Å². The fourth-order valence-corrected chi connectivity index (χ4v) is 3.46. The number of hydrogen-bond donors (Lipinski definition) is 1. The molecule has 0 saturated heterocycles. The highest BCUT2D eigenvalue weighted by molar-refractivity contribution is 6.06. The number of carboxylic acids is 1. The van der Waals surface area contributed by atoms with Crippen LogP contribution in [0.3, 0.4) is 0 Å². The number of benzene rings is 1. The SMILES string of the molecule is CC1=NC(C)=C(c2ccncc2)C(c2cccc([N+](=O)[O-])c2)C1C(=O)O. The lowest BCUT2D eigenvalue weighted by Gasteiger charge is -2.31. The second-order valence-electron chi connectivity index (χ2n) is 6.13. The minimum atomic E-state index is -1.01. The van der Waals surface area contributed by atoms with E-state index >= 15 is 0 Å². The predicted octanol–water partition coefficient (Wildman–Crippen LogP) is 3.68. The summed E-state index contributed by atoms with van der Waals surface area (Å²) in [6.45, 7) is 3.50. The van der Waals surface area contributed by atoms with Gasteiger partial charge >= 0.3 is 5.97 Å². The van der Waals surface area contributed by atoms with Crippen LogP contribution in [-0.2, 0) is 4.79 Å². The van der Waals surface area contributed by atoms with E-state index in [1.807, 2.05) is 6.92 Å². The van der Waals surface area contributed by atoms with Gasteiger partial charge in [0.1, 0.15) is 5.92 Å². The largest absolute Gasteiger partial charge is 0.481 e. The normalized spacial score (nSPS) is 19.8. The van der Waals surface area contributed by atoms with Gasteiger partial charge in [-0.15, -0.1) is 0 Å². The topological polar surface area (TPSA) is 106 Å². The van der Waals surface area contributed by atoms with Crippen LogP contribution < -0.4 is 0 Å². The number of hydrogen-bond acceptors (Lipinski definition) is 5. The molecule has 2 aromatic rings. The third kappa shape index (κ3) is 3.11. The van der Waals surface area contributed by atoms with Gasteiger partial charge in [-0.1, -0.05) is 12.1 Å². The van der Waals surface area contributed by atoms with Crippen LogP contribution in [-0.4, -0.2) is 26.7 Å². The number of rotatable bonds is 4. The van der Waals surface area contributed by atoms with E-state index in [-0.39, 0.29) is 5.69 Å². The zero-order valence-electron chi connectivity index (χ0n) is 14.3. The van der Waals surface area contributed by atoms with Gasteiger partial charge in [-0.05, 0) is 42.7 Å². The van der Waals surface area contributed by atoms with Crippen molar-refractivity contribution in [3.8, 4) is 0 Å². The minimum Gasteiger partial charge on any atom is -0.481 e. The first-order valence-electron chi connectivity index (χ1n) is 8.03. The Morgan fingerprint density at radius 1 is 1.19 bits per heavy atom. The molecule has 3 rings (SSSR count). The Bertz CT molecular complexity index is 935. The summed E-state index contributed by atoms with van der Waals surface area (Å²) in [5.74, 6) is -2.49. The van der Waals surface area contributed by atoms with Gasteiger partial charge < -0.3 is 5.11 Å². The van der Waals surface area contributed by atoms with Crippen molar-refractivity contribution in [2.75, 3.05) is 0 Å². The first-order valence-corrected chi connectivity index (χ1v) is 8.03. The average molecular weight is 351 g/mol. The fourth-order valence-electron chi connectivity index (χ4n) is 3.46. The lowest BCUT2D eigenvalue weighted by atomic mass is 9.73. The highest BCUT2D eigenvalue weighted by Gasteiger charge is 2.39. The summed E-state index contributed by atoms with van der Waals surface area (Å²) in [5.41, 5.74) is 3.22. The van der Waals surface area contributed by atoms with Crippen LogP contribution in [0.5, 0.6) is 0 Å². The van der Waals surface area contributed by atoms with Crippen molar-refractivity contribution in [3.63, 3.8) is 0 Å². The molecule has 7 nitrogen and oxygen atoms in total. The first kappa shape index (κ1) is 17.5. The van der Waals surface area contributed by atoms with Gasteiger partial charge in [-0.2, -0.15) is 0 Å². The number of allylic oxidation sites excluding steroid dienone is 2. The van der Waals surface area contributed by atoms with Gasteiger partial charge in [-0.3, -0.25) is 24.9 Å². The fraction of sp³-hybridized carbons (Fsp3) is 0.211. The Hall–Kier alpha value is -3.35. The summed E-state index contributed by atoms with van der Waals surface area (Å²) in [6, 6.07) is 9.71. The molecule has 1 aliphatic rings. The first-order chi connectivity index (χ1) is 12.4. The maximum atomic E-state index is 12.0. The van der Waals surface area contributed by atoms with E-state index in [9.17, 15) is 20.0 Å². The van der Waals surface area contributed by atoms with E-state index in [1.54, 1.807) is 43.6 Å². The van der Waals surface area contributed by atoms with Gasteiger partial charge in [0, 0.05) is 41.9 Å². The molecule has 0 aliphatic carbocycles. The average Bonchev–Trinajstić information content (AvgIpc) is 2.61. The number of carboxylic acid groups (broad SMARTS) is 1. The second-order valence-corrected chi connectivity index (χ2v) is 6.13. The maximum absolute atomic E-state index is 12.0. The van der Waals surface area contributed by atoms with Gasteiger partial charge in [0.2, 0.25) is 0 Å². The number of non-ortho nitro benzene ring substituents is 1. The number of carbonyl (C=O) groups is 1. The summed E-state index contributed by atoms with van der Waals surface area (Å²) in [7, 11) is 0. The molecular weight excluding hydrogens is 334 g/mol. The Morgan fingerprint density at radius 2 is 1.88 bits per heavy atom. The number of aliphatic imine (C=N–C) groups is 1. The number of aliphatic carboxylic acids is 1. The van der Waals surface area contributed by atoms with E-state index in [1.165, 1.54) is 12.1 Å². The number of pyridine rings is 1. The van der Waals surface area contributed by atoms with Crippen LogP contribution >= 0.6 is 0 Å². The molecule has 1 aromatic heterocycles. The van der Waals surface area contributed by atoms with Crippen LogP contribution in [0.15, 0.2) is 59.5 Å². The minimum absolute atomic E-state index is 0.0708. The molecule has 2 unspecified atom stereocenters. The number of nitrogens with zero attached hydrogens (tertiary/aromatic N) is 3. The number of aromatic nitrogens is 1. The molecule has 0 radical (unpaired) electrons.